The average Bonchev–Trinajstić information content (AvgIpc) is 3.72. The molecule has 210 valence electrons. The number of rotatable bonds is 11. The van der Waals surface area contributed by atoms with Gasteiger partial charge in [-0.25, -0.2) is 18.4 Å². The van der Waals surface area contributed by atoms with Crippen LogP contribution < -0.4 is 10.1 Å². The molecule has 0 atom stereocenters. The standard InChI is InChI=1S/C26H31N5O6S2.H2/c1-31-13-11-18(12-14-31)37-22-10-9-21-25(28-22)38-26(27-21)29-24(33)23(30-36-16-2-15-32)17-3-5-19(6-4-17)39(34,35)20-7-8-20;/h3-6,9-10,18,20,32H,2,7-8,11-16H2,1H3,(H,27,29,33);1H/b30-23+;. The minimum Gasteiger partial charge on any atom is -0.474 e. The van der Waals surface area contributed by atoms with E-state index >= 15 is 0 Å². The van der Waals surface area contributed by atoms with Crippen molar-refractivity contribution in [2.75, 3.05) is 38.7 Å². The number of piperidine rings is 1. The van der Waals surface area contributed by atoms with E-state index in [1.807, 2.05) is 6.07 Å². The molecule has 2 fully saturated rings. The van der Waals surface area contributed by atoms with E-state index in [-0.39, 0.29) is 36.6 Å². The monoisotopic (exact) mass is 575 g/mol. The van der Waals surface area contributed by atoms with Crippen LogP contribution in [0.5, 0.6) is 5.88 Å². The second-order valence-electron chi connectivity index (χ2n) is 9.69. The highest BCUT2D eigenvalue weighted by Crippen LogP contribution is 2.33. The third kappa shape index (κ3) is 6.72. The number of aliphatic hydroxyl groups excluding tert-OH is 1. The number of ether oxygens (including phenoxy) is 1. The van der Waals surface area contributed by atoms with Crippen molar-refractivity contribution < 1.29 is 29.3 Å². The SMILES string of the molecule is CN1CCC(Oc2ccc3nc(NC(=O)/C(=N/OCCCO)c4ccc(S(=O)(=O)C5CC5)cc4)sc3n2)CC1.[HH]. The lowest BCUT2D eigenvalue weighted by molar-refractivity contribution is -0.110. The topological polar surface area (TPSA) is 143 Å². The number of hydrogen-bond donors (Lipinski definition) is 2. The number of nitrogens with zero attached hydrogens (tertiary/aromatic N) is 4. The molecule has 1 aromatic carbocycles. The predicted molar refractivity (Wildman–Crippen MR) is 150 cm³/mol. The lowest BCUT2D eigenvalue weighted by atomic mass is 10.1. The number of aliphatic hydroxyl groups is 1. The van der Waals surface area contributed by atoms with E-state index in [2.05, 4.69) is 32.4 Å². The van der Waals surface area contributed by atoms with Gasteiger partial charge in [0.05, 0.1) is 10.1 Å². The quantitative estimate of drug-likeness (QED) is 0.200. The molecule has 1 aliphatic carbocycles. The highest BCUT2D eigenvalue weighted by Gasteiger charge is 2.36. The molecule has 2 aromatic heterocycles. The lowest BCUT2D eigenvalue weighted by Gasteiger charge is -2.28. The average molecular weight is 576 g/mol. The number of likely N-dealkylation sites (tertiary alicyclic amines) is 1. The van der Waals surface area contributed by atoms with E-state index in [4.69, 9.17) is 14.7 Å². The maximum Gasteiger partial charge on any atom is 0.280 e. The number of thiazole rings is 1. The summed E-state index contributed by atoms with van der Waals surface area (Å²) < 4.78 is 31.2. The Labute approximate surface area is 232 Å². The Bertz CT molecular complexity index is 1450. The van der Waals surface area contributed by atoms with Gasteiger partial charge < -0.3 is 19.6 Å². The number of carbonyl (C=O) groups excluding carboxylic acids is 1. The van der Waals surface area contributed by atoms with Crippen molar-refractivity contribution in [3.63, 3.8) is 0 Å². The van der Waals surface area contributed by atoms with Crippen LogP contribution in [0.3, 0.4) is 0 Å². The van der Waals surface area contributed by atoms with Gasteiger partial charge in [-0.05, 0) is 50.9 Å². The molecule has 5 rings (SSSR count). The first-order valence-electron chi connectivity index (χ1n) is 12.9. The van der Waals surface area contributed by atoms with Gasteiger partial charge >= 0.3 is 0 Å². The summed E-state index contributed by atoms with van der Waals surface area (Å²) >= 11 is 1.21. The Morgan fingerprint density at radius 3 is 2.59 bits per heavy atom. The summed E-state index contributed by atoms with van der Waals surface area (Å²) in [5.74, 6) is -0.0435. The molecule has 0 bridgehead atoms. The maximum atomic E-state index is 13.2. The van der Waals surface area contributed by atoms with Crippen molar-refractivity contribution >= 4 is 48.3 Å². The molecule has 1 aliphatic heterocycles. The zero-order chi connectivity index (χ0) is 27.4. The smallest absolute Gasteiger partial charge is 0.280 e. The number of carbonyl (C=O) groups is 1. The van der Waals surface area contributed by atoms with E-state index in [1.165, 1.54) is 35.6 Å². The van der Waals surface area contributed by atoms with Gasteiger partial charge in [0.15, 0.2) is 20.7 Å². The Balaban J connectivity index is 0.00000370. The summed E-state index contributed by atoms with van der Waals surface area (Å²) in [6.07, 6.45) is 3.68. The first-order valence-corrected chi connectivity index (χ1v) is 15.3. The van der Waals surface area contributed by atoms with E-state index < -0.39 is 15.7 Å². The van der Waals surface area contributed by atoms with Gasteiger partial charge in [-0.1, -0.05) is 28.6 Å². The van der Waals surface area contributed by atoms with Crippen LogP contribution >= 0.6 is 11.3 Å². The fourth-order valence-corrected chi connectivity index (χ4v) is 6.67. The zero-order valence-corrected chi connectivity index (χ0v) is 23.2. The van der Waals surface area contributed by atoms with Crippen molar-refractivity contribution in [3.8, 4) is 5.88 Å². The number of sulfone groups is 1. The van der Waals surface area contributed by atoms with E-state index in [0.717, 1.165) is 25.9 Å². The maximum absolute atomic E-state index is 13.2. The van der Waals surface area contributed by atoms with Crippen molar-refractivity contribution in [3.05, 3.63) is 42.0 Å². The minimum atomic E-state index is -3.36. The van der Waals surface area contributed by atoms with Crippen molar-refractivity contribution in [2.45, 2.75) is 48.4 Å². The second-order valence-corrected chi connectivity index (χ2v) is 12.9. The van der Waals surface area contributed by atoms with E-state index in [0.29, 0.717) is 46.2 Å². The molecule has 1 amide bonds. The Morgan fingerprint density at radius 2 is 1.90 bits per heavy atom. The normalized spacial score (nSPS) is 17.3. The molecule has 3 aromatic rings. The summed E-state index contributed by atoms with van der Waals surface area (Å²) in [5.41, 5.74) is 0.972. The number of hydrogen-bond acceptors (Lipinski definition) is 11. The van der Waals surface area contributed by atoms with Gasteiger partial charge in [-0.3, -0.25) is 10.1 Å². The van der Waals surface area contributed by atoms with Gasteiger partial charge in [0.2, 0.25) is 5.88 Å². The molecule has 1 saturated heterocycles. The van der Waals surface area contributed by atoms with Crippen LogP contribution in [0.1, 0.15) is 39.1 Å². The molecule has 3 heterocycles. The van der Waals surface area contributed by atoms with Crippen LogP contribution in [-0.4, -0.2) is 84.7 Å². The lowest BCUT2D eigenvalue weighted by Crippen LogP contribution is -2.35. The van der Waals surface area contributed by atoms with Gasteiger partial charge in [0, 0.05) is 39.2 Å². The van der Waals surface area contributed by atoms with Crippen LogP contribution in [0, 0.1) is 0 Å². The summed E-state index contributed by atoms with van der Waals surface area (Å²) in [4.78, 5) is 30.6. The molecule has 1 saturated carbocycles. The number of amides is 1. The molecule has 39 heavy (non-hydrogen) atoms. The molecule has 0 radical (unpaired) electrons. The number of aromatic nitrogens is 2. The van der Waals surface area contributed by atoms with Crippen molar-refractivity contribution in [1.29, 1.82) is 0 Å². The van der Waals surface area contributed by atoms with Crippen LogP contribution in [0.2, 0.25) is 0 Å². The molecule has 11 nitrogen and oxygen atoms in total. The Morgan fingerprint density at radius 1 is 1.15 bits per heavy atom. The number of fused-ring (bicyclic) bond motifs is 1. The number of anilines is 1. The van der Waals surface area contributed by atoms with Crippen LogP contribution in [0.4, 0.5) is 5.13 Å². The van der Waals surface area contributed by atoms with Crippen LogP contribution in [-0.2, 0) is 19.5 Å². The second kappa shape index (κ2) is 11.9. The molecular formula is C26H33N5O6S2. The number of nitrogens with one attached hydrogen (secondary N) is 1. The van der Waals surface area contributed by atoms with E-state index in [9.17, 15) is 13.2 Å². The summed E-state index contributed by atoms with van der Waals surface area (Å²) in [6, 6.07) is 9.63. The Kier molecular flexibility index (Phi) is 8.40. The van der Waals surface area contributed by atoms with Crippen LogP contribution in [0.25, 0.3) is 10.3 Å². The fourth-order valence-electron chi connectivity index (χ4n) is 4.19. The predicted octanol–water partition coefficient (Wildman–Crippen LogP) is 3.09. The van der Waals surface area contributed by atoms with Gasteiger partial charge in [0.25, 0.3) is 5.91 Å². The minimum absolute atomic E-state index is 0. The van der Waals surface area contributed by atoms with Gasteiger partial charge in [-0.15, -0.1) is 0 Å². The molecule has 2 aliphatic rings. The van der Waals surface area contributed by atoms with Crippen molar-refractivity contribution in [1.82, 2.24) is 14.9 Å². The summed E-state index contributed by atoms with van der Waals surface area (Å²) in [5, 5.41) is 15.8. The van der Waals surface area contributed by atoms with Crippen molar-refractivity contribution in [2.24, 2.45) is 5.16 Å². The molecule has 13 heteroatoms. The Hall–Kier alpha value is -3.13. The summed E-state index contributed by atoms with van der Waals surface area (Å²) in [6.45, 7) is 2.01. The molecule has 0 unspecified atom stereocenters. The number of benzene rings is 1. The molecule has 2 N–H and O–H groups in total. The molecule has 0 spiro atoms. The number of pyridine rings is 1. The zero-order valence-electron chi connectivity index (χ0n) is 21.6. The van der Waals surface area contributed by atoms with Crippen LogP contribution in [0.15, 0.2) is 46.4 Å². The first-order chi connectivity index (χ1) is 18.8. The fraction of sp³-hybridized carbons (Fsp3) is 0.462. The van der Waals surface area contributed by atoms with E-state index in [1.54, 1.807) is 6.07 Å². The third-order valence-corrected chi connectivity index (χ3v) is 9.75. The molecular weight excluding hydrogens is 542 g/mol. The highest BCUT2D eigenvalue weighted by molar-refractivity contribution is 7.92. The summed E-state index contributed by atoms with van der Waals surface area (Å²) in [7, 11) is -1.26. The largest absolute Gasteiger partial charge is 0.474 e. The highest BCUT2D eigenvalue weighted by atomic mass is 32.2. The first kappa shape index (κ1) is 27.4. The number of oxime groups is 1. The van der Waals surface area contributed by atoms with Gasteiger partial charge in [0.1, 0.15) is 23.1 Å². The third-order valence-electron chi connectivity index (χ3n) is 6.59. The van der Waals surface area contributed by atoms with Gasteiger partial charge in [-0.2, -0.15) is 0 Å².